The smallest absolute Gasteiger partial charge is 0.361 e. The van der Waals surface area contributed by atoms with E-state index in [4.69, 9.17) is 0 Å². The summed E-state index contributed by atoms with van der Waals surface area (Å²) < 4.78 is 40.5. The van der Waals surface area contributed by atoms with Crippen LogP contribution in [0.3, 0.4) is 0 Å². The molecule has 0 saturated carbocycles. The molecule has 1 aliphatic carbocycles. The number of ketones is 2. The first-order chi connectivity index (χ1) is 13.2. The molecule has 0 atom stereocenters. The number of H-pyrrole nitrogens is 1. The van der Waals surface area contributed by atoms with Crippen molar-refractivity contribution in [1.29, 1.82) is 0 Å². The Morgan fingerprint density at radius 2 is 2.04 bits per heavy atom. The van der Waals surface area contributed by atoms with Crippen molar-refractivity contribution in [2.45, 2.75) is 25.9 Å². The van der Waals surface area contributed by atoms with Gasteiger partial charge in [0.25, 0.3) is 0 Å². The van der Waals surface area contributed by atoms with E-state index in [9.17, 15) is 22.8 Å². The Labute approximate surface area is 158 Å². The predicted octanol–water partition coefficient (Wildman–Crippen LogP) is 4.37. The maximum atomic E-state index is 13.5. The highest BCUT2D eigenvalue weighted by molar-refractivity contribution is 6.27. The highest BCUT2D eigenvalue weighted by Crippen LogP contribution is 2.35. The molecule has 0 fully saturated rings. The van der Waals surface area contributed by atoms with Crippen LogP contribution in [0.25, 0.3) is 10.9 Å². The molecule has 0 unspecified atom stereocenters. The van der Waals surface area contributed by atoms with Crippen molar-refractivity contribution in [2.24, 2.45) is 0 Å². The van der Waals surface area contributed by atoms with Gasteiger partial charge >= 0.3 is 6.18 Å². The largest absolute Gasteiger partial charge is 0.416 e. The number of Topliss-reactive ketones (excluding diaryl/α,β-unsaturated/α-hetero) is 2. The summed E-state index contributed by atoms with van der Waals surface area (Å²) in [6.07, 6.45) is -0.151. The van der Waals surface area contributed by atoms with Gasteiger partial charge in [0.15, 0.2) is 11.6 Å². The molecule has 0 spiro atoms. The van der Waals surface area contributed by atoms with Gasteiger partial charge in [-0.2, -0.15) is 13.2 Å². The van der Waals surface area contributed by atoms with E-state index < -0.39 is 29.7 Å². The number of hydrogen-bond acceptors (Lipinski definition) is 3. The Balaban J connectivity index is 1.69. The van der Waals surface area contributed by atoms with Crippen LogP contribution in [0.15, 0.2) is 48.3 Å². The molecule has 2 heterocycles. The quantitative estimate of drug-likeness (QED) is 0.682. The third-order valence-electron chi connectivity index (χ3n) is 4.87. The molecule has 0 saturated heterocycles. The van der Waals surface area contributed by atoms with E-state index >= 15 is 0 Å². The van der Waals surface area contributed by atoms with Crippen molar-refractivity contribution in [3.63, 3.8) is 0 Å². The van der Waals surface area contributed by atoms with Gasteiger partial charge in [-0.05, 0) is 54.1 Å². The number of benzene rings is 1. The number of rotatable bonds is 3. The van der Waals surface area contributed by atoms with E-state index in [-0.39, 0.29) is 11.1 Å². The summed E-state index contributed by atoms with van der Waals surface area (Å²) in [5, 5.41) is 0.411. The number of fused-ring (bicyclic) bond motifs is 2. The highest BCUT2D eigenvalue weighted by Gasteiger charge is 2.35. The number of carbonyl (C=O) groups excluding carboxylic acids is 2. The monoisotopic (exact) mass is 384 g/mol. The topological polar surface area (TPSA) is 62.8 Å². The van der Waals surface area contributed by atoms with E-state index in [1.807, 2.05) is 0 Å². The van der Waals surface area contributed by atoms with Gasteiger partial charge < -0.3 is 4.98 Å². The van der Waals surface area contributed by atoms with E-state index in [0.717, 1.165) is 6.07 Å². The van der Waals surface area contributed by atoms with Gasteiger partial charge in [-0.15, -0.1) is 0 Å². The van der Waals surface area contributed by atoms with E-state index in [1.54, 1.807) is 19.2 Å². The average molecular weight is 384 g/mol. The number of nitrogens with one attached hydrogen (secondary N) is 1. The number of alkyl halides is 3. The highest BCUT2D eigenvalue weighted by atomic mass is 19.4. The average Bonchev–Trinajstić information content (AvgIpc) is 3.08. The molecule has 7 heteroatoms. The van der Waals surface area contributed by atoms with Crippen LogP contribution in [-0.2, 0) is 23.8 Å². The van der Waals surface area contributed by atoms with Crippen molar-refractivity contribution in [3.05, 3.63) is 76.3 Å². The van der Waals surface area contributed by atoms with Crippen LogP contribution in [0.5, 0.6) is 0 Å². The predicted molar refractivity (Wildman–Crippen MR) is 97.1 cm³/mol. The first-order valence-electron chi connectivity index (χ1n) is 8.65. The summed E-state index contributed by atoms with van der Waals surface area (Å²) in [5.41, 5.74) is 1.14. The van der Waals surface area contributed by atoms with Crippen molar-refractivity contribution < 1.29 is 22.8 Å². The molecule has 28 heavy (non-hydrogen) atoms. The molecule has 0 aliphatic heterocycles. The van der Waals surface area contributed by atoms with Gasteiger partial charge in [-0.1, -0.05) is 6.08 Å². The summed E-state index contributed by atoms with van der Waals surface area (Å²) in [7, 11) is 0. The number of nitrogens with zero attached hydrogens (tertiary/aromatic N) is 1. The zero-order valence-corrected chi connectivity index (χ0v) is 14.9. The first-order valence-corrected chi connectivity index (χ1v) is 8.65. The second-order valence-electron chi connectivity index (χ2n) is 6.81. The van der Waals surface area contributed by atoms with Crippen molar-refractivity contribution in [1.82, 2.24) is 9.97 Å². The number of carbonyl (C=O) groups is 2. The first kappa shape index (κ1) is 18.2. The molecule has 1 N–H and O–H groups in total. The van der Waals surface area contributed by atoms with E-state index in [1.165, 1.54) is 24.4 Å². The summed E-state index contributed by atoms with van der Waals surface area (Å²) in [5.74, 6) is -1.09. The van der Waals surface area contributed by atoms with E-state index in [2.05, 4.69) is 9.97 Å². The van der Waals surface area contributed by atoms with Gasteiger partial charge in [0.2, 0.25) is 0 Å². The molecule has 4 rings (SSSR count). The molecule has 4 nitrogen and oxygen atoms in total. The molecular formula is C21H15F3N2O2. The number of halogens is 3. The van der Waals surface area contributed by atoms with Gasteiger partial charge in [0, 0.05) is 35.6 Å². The summed E-state index contributed by atoms with van der Waals surface area (Å²) in [6, 6.07) is 5.49. The second-order valence-corrected chi connectivity index (χ2v) is 6.81. The number of aromatic amines is 1. The van der Waals surface area contributed by atoms with Gasteiger partial charge in [0.1, 0.15) is 0 Å². The fraction of sp³-hybridized carbons (Fsp3) is 0.190. The van der Waals surface area contributed by atoms with Crippen LogP contribution in [0, 0.1) is 6.92 Å². The fourth-order valence-electron chi connectivity index (χ4n) is 3.48. The maximum absolute atomic E-state index is 13.5. The minimum atomic E-state index is -4.60. The number of pyridine rings is 1. The second kappa shape index (κ2) is 6.44. The molecular weight excluding hydrogens is 369 g/mol. The third kappa shape index (κ3) is 3.13. The minimum Gasteiger partial charge on any atom is -0.361 e. The van der Waals surface area contributed by atoms with Gasteiger partial charge in [-0.25, -0.2) is 0 Å². The number of aryl methyl sites for hydroxylation is 1. The molecule has 0 radical (unpaired) electrons. The van der Waals surface area contributed by atoms with Crippen LogP contribution in [-0.4, -0.2) is 21.5 Å². The maximum Gasteiger partial charge on any atom is 0.416 e. The lowest BCUT2D eigenvalue weighted by Crippen LogP contribution is -2.22. The molecule has 142 valence electrons. The molecule has 0 bridgehead atoms. The lowest BCUT2D eigenvalue weighted by Gasteiger charge is -2.17. The van der Waals surface area contributed by atoms with Gasteiger partial charge in [-0.3, -0.25) is 14.6 Å². The number of allylic oxidation sites excluding steroid dienone is 2. The Hall–Kier alpha value is -3.22. The standard InChI is InChI=1S/C21H15F3N2O2/c1-11-6-16-13(10-26-11)2-3-15(20(16)28)19(27)9-14-8-18-12(4-5-25-18)7-17(14)21(22,23)24/h3-8,10,25H,2,9H2,1H3. The van der Waals surface area contributed by atoms with Crippen molar-refractivity contribution in [2.75, 3.05) is 0 Å². The van der Waals surface area contributed by atoms with Crippen LogP contribution in [0.1, 0.15) is 32.7 Å². The summed E-state index contributed by atoms with van der Waals surface area (Å²) in [4.78, 5) is 32.4. The molecule has 1 aliphatic rings. The Kier molecular flexibility index (Phi) is 4.18. The van der Waals surface area contributed by atoms with Crippen LogP contribution in [0.4, 0.5) is 13.2 Å². The number of hydrogen-bond donors (Lipinski definition) is 1. The lowest BCUT2D eigenvalue weighted by molar-refractivity contribution is -0.138. The number of aromatic nitrogens is 2. The Morgan fingerprint density at radius 3 is 2.79 bits per heavy atom. The van der Waals surface area contributed by atoms with Crippen molar-refractivity contribution in [3.8, 4) is 0 Å². The zero-order chi connectivity index (χ0) is 20.1. The normalized spacial score (nSPS) is 14.1. The molecule has 3 aromatic rings. The fourth-order valence-corrected chi connectivity index (χ4v) is 3.48. The molecule has 1 aromatic carbocycles. The van der Waals surface area contributed by atoms with Crippen molar-refractivity contribution >= 4 is 22.5 Å². The van der Waals surface area contributed by atoms with E-state index in [0.29, 0.717) is 34.1 Å². The van der Waals surface area contributed by atoms with Crippen LogP contribution in [0.2, 0.25) is 0 Å². The third-order valence-corrected chi connectivity index (χ3v) is 4.87. The van der Waals surface area contributed by atoms with Gasteiger partial charge in [0.05, 0.1) is 11.1 Å². The Bertz CT molecular complexity index is 1160. The lowest BCUT2D eigenvalue weighted by atomic mass is 9.87. The molecule has 0 amide bonds. The SMILES string of the molecule is Cc1cc2c(cn1)CC=C(C(=O)Cc1cc3[nH]ccc3cc1C(F)(F)F)C2=O. The summed E-state index contributed by atoms with van der Waals surface area (Å²) >= 11 is 0. The van der Waals surface area contributed by atoms with Crippen LogP contribution >= 0.6 is 0 Å². The molecule has 2 aromatic heterocycles. The summed E-state index contributed by atoms with van der Waals surface area (Å²) in [6.45, 7) is 1.73. The Morgan fingerprint density at radius 1 is 1.25 bits per heavy atom. The van der Waals surface area contributed by atoms with Crippen LogP contribution < -0.4 is 0 Å². The zero-order valence-electron chi connectivity index (χ0n) is 14.9. The minimum absolute atomic E-state index is 0.0715.